The van der Waals surface area contributed by atoms with Gasteiger partial charge in [0.05, 0.1) is 26.1 Å². The Morgan fingerprint density at radius 3 is 3.00 bits per heavy atom. The molecule has 0 aliphatic carbocycles. The highest BCUT2D eigenvalue weighted by atomic mass is 16.5. The summed E-state index contributed by atoms with van der Waals surface area (Å²) in [6, 6.07) is 0. The van der Waals surface area contributed by atoms with E-state index < -0.39 is 5.97 Å². The zero-order valence-electron chi connectivity index (χ0n) is 10.0. The van der Waals surface area contributed by atoms with Crippen molar-refractivity contribution < 1.29 is 14.3 Å². The number of methoxy groups -OCH3 is 1. The first-order valence-electron chi connectivity index (χ1n) is 5.32. The van der Waals surface area contributed by atoms with Crippen LogP contribution in [0.1, 0.15) is 17.4 Å². The van der Waals surface area contributed by atoms with E-state index in [1.165, 1.54) is 25.8 Å². The average Bonchev–Trinajstić information content (AvgIpc) is 2.88. The molecular formula is C11H12N4O3. The van der Waals surface area contributed by atoms with Crippen LogP contribution >= 0.6 is 0 Å². The Morgan fingerprint density at radius 2 is 2.28 bits per heavy atom. The number of rotatable bonds is 4. The van der Waals surface area contributed by atoms with E-state index in [1.54, 1.807) is 10.8 Å². The third kappa shape index (κ3) is 2.45. The predicted molar refractivity (Wildman–Crippen MR) is 61.7 cm³/mol. The summed E-state index contributed by atoms with van der Waals surface area (Å²) in [6.07, 6.45) is 6.05. The zero-order valence-corrected chi connectivity index (χ0v) is 10.0. The molecule has 2 heterocycles. The molecule has 18 heavy (non-hydrogen) atoms. The molecule has 0 saturated carbocycles. The summed E-state index contributed by atoms with van der Waals surface area (Å²) in [5, 5.41) is 0. The molecule has 0 aliphatic rings. The SMILES string of the molecule is CCOc1cncc(-n2cnc(C(=O)OC)c2)n1. The van der Waals surface area contributed by atoms with Gasteiger partial charge in [-0.05, 0) is 6.92 Å². The maximum absolute atomic E-state index is 11.3. The number of nitrogens with zero attached hydrogens (tertiary/aromatic N) is 4. The van der Waals surface area contributed by atoms with Crippen molar-refractivity contribution >= 4 is 5.97 Å². The molecule has 0 saturated heterocycles. The van der Waals surface area contributed by atoms with Gasteiger partial charge in [-0.15, -0.1) is 0 Å². The standard InChI is InChI=1S/C11H12N4O3/c1-3-18-10-5-12-4-9(14-10)15-6-8(13-7-15)11(16)17-2/h4-7H,3H2,1-2H3. The van der Waals surface area contributed by atoms with E-state index in [9.17, 15) is 4.79 Å². The topological polar surface area (TPSA) is 79.1 Å². The second-order valence-corrected chi connectivity index (χ2v) is 3.31. The highest BCUT2D eigenvalue weighted by molar-refractivity contribution is 5.86. The predicted octanol–water partition coefficient (Wildman–Crippen LogP) is 0.848. The highest BCUT2D eigenvalue weighted by Crippen LogP contribution is 2.10. The normalized spacial score (nSPS) is 10.1. The van der Waals surface area contributed by atoms with Crippen LogP contribution in [0.15, 0.2) is 24.9 Å². The van der Waals surface area contributed by atoms with Crippen LogP contribution in [0.25, 0.3) is 5.82 Å². The van der Waals surface area contributed by atoms with Crippen LogP contribution in [0.4, 0.5) is 0 Å². The van der Waals surface area contributed by atoms with Crippen molar-refractivity contribution in [2.24, 2.45) is 0 Å². The lowest BCUT2D eigenvalue weighted by Gasteiger charge is -2.04. The van der Waals surface area contributed by atoms with Crippen LogP contribution in [0, 0.1) is 0 Å². The van der Waals surface area contributed by atoms with Gasteiger partial charge in [0, 0.05) is 6.20 Å². The van der Waals surface area contributed by atoms with Gasteiger partial charge in [0.25, 0.3) is 0 Å². The number of imidazole rings is 1. The van der Waals surface area contributed by atoms with E-state index in [-0.39, 0.29) is 5.69 Å². The van der Waals surface area contributed by atoms with Gasteiger partial charge in [0.2, 0.25) is 5.88 Å². The molecule has 0 fully saturated rings. The van der Waals surface area contributed by atoms with Crippen LogP contribution in [0.3, 0.4) is 0 Å². The van der Waals surface area contributed by atoms with Gasteiger partial charge >= 0.3 is 5.97 Å². The van der Waals surface area contributed by atoms with Gasteiger partial charge in [0.1, 0.15) is 6.33 Å². The number of hydrogen-bond donors (Lipinski definition) is 0. The van der Waals surface area contributed by atoms with Crippen molar-refractivity contribution in [2.75, 3.05) is 13.7 Å². The van der Waals surface area contributed by atoms with Crippen LogP contribution in [0.5, 0.6) is 5.88 Å². The van der Waals surface area contributed by atoms with Crippen molar-refractivity contribution in [3.8, 4) is 11.7 Å². The zero-order chi connectivity index (χ0) is 13.0. The van der Waals surface area contributed by atoms with Gasteiger partial charge in [-0.1, -0.05) is 0 Å². The van der Waals surface area contributed by atoms with E-state index in [4.69, 9.17) is 4.74 Å². The summed E-state index contributed by atoms with van der Waals surface area (Å²) in [5.41, 5.74) is 0.209. The number of ether oxygens (including phenoxy) is 2. The average molecular weight is 248 g/mol. The van der Waals surface area contributed by atoms with Crippen molar-refractivity contribution in [1.82, 2.24) is 19.5 Å². The number of carbonyl (C=O) groups is 1. The Morgan fingerprint density at radius 1 is 1.44 bits per heavy atom. The van der Waals surface area contributed by atoms with E-state index in [0.717, 1.165) is 0 Å². The summed E-state index contributed by atoms with van der Waals surface area (Å²) in [5.74, 6) is 0.439. The molecule has 2 rings (SSSR count). The summed E-state index contributed by atoms with van der Waals surface area (Å²) in [6.45, 7) is 2.37. The van der Waals surface area contributed by atoms with Crippen LogP contribution in [-0.2, 0) is 4.74 Å². The van der Waals surface area contributed by atoms with Gasteiger partial charge < -0.3 is 9.47 Å². The fraction of sp³-hybridized carbons (Fsp3) is 0.273. The Hall–Kier alpha value is -2.44. The summed E-state index contributed by atoms with van der Waals surface area (Å²) in [7, 11) is 1.30. The molecule has 7 heteroatoms. The van der Waals surface area contributed by atoms with Crippen molar-refractivity contribution in [2.45, 2.75) is 6.92 Å². The van der Waals surface area contributed by atoms with Gasteiger partial charge in [0.15, 0.2) is 11.5 Å². The molecule has 0 atom stereocenters. The van der Waals surface area contributed by atoms with Crippen molar-refractivity contribution in [3.63, 3.8) is 0 Å². The third-order valence-electron chi connectivity index (χ3n) is 2.13. The lowest BCUT2D eigenvalue weighted by molar-refractivity contribution is 0.0594. The first-order valence-corrected chi connectivity index (χ1v) is 5.32. The minimum absolute atomic E-state index is 0.209. The van der Waals surface area contributed by atoms with Crippen LogP contribution in [-0.4, -0.2) is 39.2 Å². The quantitative estimate of drug-likeness (QED) is 0.746. The molecule has 0 aliphatic heterocycles. The molecule has 94 valence electrons. The maximum atomic E-state index is 11.3. The minimum Gasteiger partial charge on any atom is -0.477 e. The molecule has 2 aromatic rings. The van der Waals surface area contributed by atoms with E-state index in [2.05, 4.69) is 19.7 Å². The lowest BCUT2D eigenvalue weighted by Crippen LogP contribution is -2.02. The molecule has 0 radical (unpaired) electrons. The Balaban J connectivity index is 2.28. The van der Waals surface area contributed by atoms with Gasteiger partial charge in [-0.25, -0.2) is 9.78 Å². The molecule has 7 nitrogen and oxygen atoms in total. The van der Waals surface area contributed by atoms with Crippen molar-refractivity contribution in [1.29, 1.82) is 0 Å². The second-order valence-electron chi connectivity index (χ2n) is 3.31. The largest absolute Gasteiger partial charge is 0.477 e. The molecule has 0 spiro atoms. The van der Waals surface area contributed by atoms with E-state index in [0.29, 0.717) is 18.3 Å². The minimum atomic E-state index is -0.498. The van der Waals surface area contributed by atoms with Crippen molar-refractivity contribution in [3.05, 3.63) is 30.6 Å². The van der Waals surface area contributed by atoms with E-state index in [1.807, 2.05) is 6.92 Å². The number of aromatic nitrogens is 4. The fourth-order valence-corrected chi connectivity index (χ4v) is 1.34. The third-order valence-corrected chi connectivity index (χ3v) is 2.13. The number of carbonyl (C=O) groups excluding carboxylic acids is 1. The summed E-state index contributed by atoms with van der Waals surface area (Å²) < 4.78 is 11.4. The molecule has 0 aromatic carbocycles. The first kappa shape index (κ1) is 12.0. The Labute approximate surface area is 103 Å². The summed E-state index contributed by atoms with van der Waals surface area (Å²) in [4.78, 5) is 23.4. The Bertz CT molecular complexity index is 553. The van der Waals surface area contributed by atoms with Crippen LogP contribution < -0.4 is 4.74 Å². The highest BCUT2D eigenvalue weighted by Gasteiger charge is 2.10. The number of esters is 1. The molecule has 0 N–H and O–H groups in total. The fourth-order valence-electron chi connectivity index (χ4n) is 1.34. The maximum Gasteiger partial charge on any atom is 0.358 e. The smallest absolute Gasteiger partial charge is 0.358 e. The molecular weight excluding hydrogens is 236 g/mol. The monoisotopic (exact) mass is 248 g/mol. The molecule has 0 amide bonds. The van der Waals surface area contributed by atoms with Gasteiger partial charge in [-0.3, -0.25) is 9.55 Å². The Kier molecular flexibility index (Phi) is 3.52. The molecule has 2 aromatic heterocycles. The number of hydrogen-bond acceptors (Lipinski definition) is 6. The van der Waals surface area contributed by atoms with Crippen LogP contribution in [0.2, 0.25) is 0 Å². The second kappa shape index (κ2) is 5.26. The van der Waals surface area contributed by atoms with Gasteiger partial charge in [-0.2, -0.15) is 4.98 Å². The summed E-state index contributed by atoms with van der Waals surface area (Å²) >= 11 is 0. The first-order chi connectivity index (χ1) is 8.74. The lowest BCUT2D eigenvalue weighted by atomic mass is 10.5. The molecule has 0 bridgehead atoms. The molecule has 0 unspecified atom stereocenters. The van der Waals surface area contributed by atoms with E-state index >= 15 is 0 Å².